The van der Waals surface area contributed by atoms with Gasteiger partial charge in [-0.3, -0.25) is 14.5 Å². The van der Waals surface area contributed by atoms with E-state index in [2.05, 4.69) is 10.3 Å². The van der Waals surface area contributed by atoms with E-state index < -0.39 is 5.25 Å². The number of aliphatic imine (C=N–C) groups is 1. The number of carbonyl (C=O) groups is 2. The van der Waals surface area contributed by atoms with Crippen LogP contribution in [-0.2, 0) is 9.59 Å². The van der Waals surface area contributed by atoms with Gasteiger partial charge in [0.1, 0.15) is 11.0 Å². The van der Waals surface area contributed by atoms with E-state index >= 15 is 0 Å². The van der Waals surface area contributed by atoms with Crippen molar-refractivity contribution in [2.75, 3.05) is 26.3 Å². The van der Waals surface area contributed by atoms with Crippen LogP contribution in [0.2, 0.25) is 0 Å². The lowest BCUT2D eigenvalue weighted by Gasteiger charge is -2.29. The summed E-state index contributed by atoms with van der Waals surface area (Å²) in [7, 11) is 3.18. The SMILES string of the molecule is COc1ccccc1NC(=O)[C@@H]1CC(=O)N(C)C(=Nc2ccc3c(c2)OCO3)S1. The minimum absolute atomic E-state index is 0.0856. The highest BCUT2D eigenvalue weighted by Crippen LogP contribution is 2.36. The number of methoxy groups -OCH3 is 1. The zero-order chi connectivity index (χ0) is 20.4. The Hall–Kier alpha value is -3.20. The van der Waals surface area contributed by atoms with E-state index in [9.17, 15) is 9.59 Å². The van der Waals surface area contributed by atoms with Gasteiger partial charge in [0.25, 0.3) is 0 Å². The van der Waals surface area contributed by atoms with E-state index in [0.717, 1.165) is 0 Å². The summed E-state index contributed by atoms with van der Waals surface area (Å²) in [4.78, 5) is 31.2. The molecule has 2 aliphatic rings. The van der Waals surface area contributed by atoms with Crippen molar-refractivity contribution in [3.63, 3.8) is 0 Å². The Morgan fingerprint density at radius 3 is 2.86 bits per heavy atom. The minimum Gasteiger partial charge on any atom is -0.495 e. The standard InChI is InChI=1S/C20H19N3O5S/c1-23-18(24)10-17(19(25)22-13-5-3-4-6-14(13)26-2)29-20(23)21-12-7-8-15-16(9-12)28-11-27-15/h3-9,17H,10-11H2,1-2H3,(H,22,25)/t17-/m0/s1. The molecule has 29 heavy (non-hydrogen) atoms. The molecule has 0 aliphatic carbocycles. The van der Waals surface area contributed by atoms with Crippen LogP contribution in [0.25, 0.3) is 0 Å². The fraction of sp³-hybridized carbons (Fsp3) is 0.250. The van der Waals surface area contributed by atoms with E-state index in [1.807, 2.05) is 6.07 Å². The maximum Gasteiger partial charge on any atom is 0.238 e. The zero-order valence-corrected chi connectivity index (χ0v) is 16.7. The van der Waals surface area contributed by atoms with Gasteiger partial charge in [0.2, 0.25) is 18.6 Å². The molecular formula is C20H19N3O5S. The molecule has 0 radical (unpaired) electrons. The van der Waals surface area contributed by atoms with Gasteiger partial charge in [-0.25, -0.2) is 4.99 Å². The van der Waals surface area contributed by atoms with Crippen molar-refractivity contribution in [2.45, 2.75) is 11.7 Å². The Bertz CT molecular complexity index is 994. The first kappa shape index (κ1) is 19.1. The van der Waals surface area contributed by atoms with Gasteiger partial charge in [-0.05, 0) is 24.3 Å². The highest BCUT2D eigenvalue weighted by molar-refractivity contribution is 8.15. The number of hydrogen-bond acceptors (Lipinski definition) is 7. The smallest absolute Gasteiger partial charge is 0.238 e. The molecule has 4 rings (SSSR count). The number of amidine groups is 1. The first-order valence-electron chi connectivity index (χ1n) is 8.90. The number of thioether (sulfide) groups is 1. The van der Waals surface area contributed by atoms with Crippen LogP contribution in [0.4, 0.5) is 11.4 Å². The summed E-state index contributed by atoms with van der Waals surface area (Å²) in [6, 6.07) is 12.4. The fourth-order valence-electron chi connectivity index (χ4n) is 2.92. The van der Waals surface area contributed by atoms with E-state index in [1.165, 1.54) is 23.8 Å². The summed E-state index contributed by atoms with van der Waals surface area (Å²) in [5, 5.41) is 2.68. The van der Waals surface area contributed by atoms with Crippen LogP contribution in [0.15, 0.2) is 47.5 Å². The van der Waals surface area contributed by atoms with Crippen molar-refractivity contribution in [3.05, 3.63) is 42.5 Å². The highest BCUT2D eigenvalue weighted by atomic mass is 32.2. The molecule has 150 valence electrons. The summed E-state index contributed by atoms with van der Waals surface area (Å²) in [6.45, 7) is 0.174. The molecule has 9 heteroatoms. The van der Waals surface area contributed by atoms with Crippen molar-refractivity contribution in [2.24, 2.45) is 4.99 Å². The fourth-order valence-corrected chi connectivity index (χ4v) is 3.99. The second kappa shape index (κ2) is 8.04. The third-order valence-electron chi connectivity index (χ3n) is 4.51. The summed E-state index contributed by atoms with van der Waals surface area (Å²) in [6.07, 6.45) is 0.0856. The van der Waals surface area contributed by atoms with Crippen LogP contribution in [0.1, 0.15) is 6.42 Å². The molecule has 0 spiro atoms. The summed E-state index contributed by atoms with van der Waals surface area (Å²) in [5.41, 5.74) is 1.17. The molecule has 1 fully saturated rings. The summed E-state index contributed by atoms with van der Waals surface area (Å²) < 4.78 is 15.9. The Morgan fingerprint density at radius 2 is 2.03 bits per heavy atom. The van der Waals surface area contributed by atoms with Gasteiger partial charge in [0, 0.05) is 19.5 Å². The molecule has 1 atom stereocenters. The van der Waals surface area contributed by atoms with Crippen molar-refractivity contribution >= 4 is 40.1 Å². The monoisotopic (exact) mass is 413 g/mol. The Kier molecular flexibility index (Phi) is 5.30. The number of carbonyl (C=O) groups excluding carboxylic acids is 2. The van der Waals surface area contributed by atoms with Crippen LogP contribution in [0.3, 0.4) is 0 Å². The molecule has 0 bridgehead atoms. The maximum absolute atomic E-state index is 12.8. The lowest BCUT2D eigenvalue weighted by atomic mass is 10.2. The van der Waals surface area contributed by atoms with Crippen LogP contribution in [0, 0.1) is 0 Å². The van der Waals surface area contributed by atoms with Crippen LogP contribution in [0.5, 0.6) is 17.2 Å². The van der Waals surface area contributed by atoms with Gasteiger partial charge < -0.3 is 19.5 Å². The number of benzene rings is 2. The van der Waals surface area contributed by atoms with Crippen molar-refractivity contribution in [3.8, 4) is 17.2 Å². The molecule has 0 aromatic heterocycles. The molecule has 2 amide bonds. The number of anilines is 1. The third-order valence-corrected chi connectivity index (χ3v) is 5.75. The predicted molar refractivity (Wildman–Crippen MR) is 110 cm³/mol. The maximum atomic E-state index is 12.8. The second-order valence-electron chi connectivity index (χ2n) is 6.38. The van der Waals surface area contributed by atoms with Gasteiger partial charge in [0.15, 0.2) is 16.7 Å². The van der Waals surface area contributed by atoms with E-state index in [1.54, 1.807) is 43.4 Å². The van der Waals surface area contributed by atoms with Crippen LogP contribution < -0.4 is 19.5 Å². The number of para-hydroxylation sites is 2. The average molecular weight is 413 g/mol. The number of amides is 2. The van der Waals surface area contributed by atoms with E-state index in [0.29, 0.717) is 33.8 Å². The minimum atomic E-state index is -0.601. The lowest BCUT2D eigenvalue weighted by molar-refractivity contribution is -0.128. The Labute approximate surface area is 171 Å². The van der Waals surface area contributed by atoms with Gasteiger partial charge in [-0.1, -0.05) is 23.9 Å². The molecule has 0 saturated carbocycles. The first-order valence-corrected chi connectivity index (χ1v) is 9.78. The highest BCUT2D eigenvalue weighted by Gasteiger charge is 2.34. The molecule has 2 heterocycles. The quantitative estimate of drug-likeness (QED) is 0.829. The zero-order valence-electron chi connectivity index (χ0n) is 15.9. The topological polar surface area (TPSA) is 89.5 Å². The molecule has 2 aromatic rings. The Morgan fingerprint density at radius 1 is 1.24 bits per heavy atom. The van der Waals surface area contributed by atoms with Crippen LogP contribution in [-0.4, -0.2) is 48.1 Å². The summed E-state index contributed by atoms with van der Waals surface area (Å²) in [5.74, 6) is 1.36. The van der Waals surface area contributed by atoms with Crippen molar-refractivity contribution in [1.82, 2.24) is 4.90 Å². The Balaban J connectivity index is 1.54. The molecule has 1 saturated heterocycles. The lowest BCUT2D eigenvalue weighted by Crippen LogP contribution is -2.43. The molecule has 2 aliphatic heterocycles. The van der Waals surface area contributed by atoms with Gasteiger partial charge in [0.05, 0.1) is 18.5 Å². The van der Waals surface area contributed by atoms with Gasteiger partial charge in [-0.2, -0.15) is 0 Å². The van der Waals surface area contributed by atoms with E-state index in [4.69, 9.17) is 14.2 Å². The third kappa shape index (κ3) is 4.00. The normalized spacial score (nSPS) is 19.4. The second-order valence-corrected chi connectivity index (χ2v) is 7.55. The summed E-state index contributed by atoms with van der Waals surface area (Å²) >= 11 is 1.24. The van der Waals surface area contributed by atoms with Crippen molar-refractivity contribution in [1.29, 1.82) is 0 Å². The first-order chi connectivity index (χ1) is 14.0. The van der Waals surface area contributed by atoms with Gasteiger partial charge in [-0.15, -0.1) is 0 Å². The number of nitrogens with one attached hydrogen (secondary N) is 1. The van der Waals surface area contributed by atoms with Gasteiger partial charge >= 0.3 is 0 Å². The molecule has 2 aromatic carbocycles. The molecule has 1 N–H and O–H groups in total. The number of fused-ring (bicyclic) bond motifs is 1. The largest absolute Gasteiger partial charge is 0.495 e. The molecule has 0 unspecified atom stereocenters. The number of rotatable bonds is 4. The number of ether oxygens (including phenoxy) is 3. The van der Waals surface area contributed by atoms with Crippen molar-refractivity contribution < 1.29 is 23.8 Å². The van der Waals surface area contributed by atoms with E-state index in [-0.39, 0.29) is 25.0 Å². The van der Waals surface area contributed by atoms with Crippen LogP contribution >= 0.6 is 11.8 Å². The number of hydrogen-bond donors (Lipinski definition) is 1. The number of nitrogens with zero attached hydrogens (tertiary/aromatic N) is 2. The average Bonchev–Trinajstić information content (AvgIpc) is 3.19. The molecule has 8 nitrogen and oxygen atoms in total. The molecular weight excluding hydrogens is 394 g/mol. The predicted octanol–water partition coefficient (Wildman–Crippen LogP) is 3.01.